The van der Waals surface area contributed by atoms with Gasteiger partial charge in [-0.1, -0.05) is 25.1 Å². The number of aromatic amines is 1. The lowest BCUT2D eigenvalue weighted by Gasteiger charge is -2.28. The molecule has 1 aromatic heterocycles. The highest BCUT2D eigenvalue weighted by Gasteiger charge is 2.20. The van der Waals surface area contributed by atoms with E-state index in [1.165, 1.54) is 29.3 Å². The van der Waals surface area contributed by atoms with Crippen LogP contribution in [0.2, 0.25) is 0 Å². The monoisotopic (exact) mass is 214 g/mol. The third kappa shape index (κ3) is 1.63. The van der Waals surface area contributed by atoms with Crippen LogP contribution in [0.4, 0.5) is 0 Å². The quantitative estimate of drug-likeness (QED) is 0.749. The molecule has 0 saturated carbocycles. The summed E-state index contributed by atoms with van der Waals surface area (Å²) in [6.07, 6.45) is 4.60. The van der Waals surface area contributed by atoms with Crippen LogP contribution in [0.5, 0.6) is 0 Å². The Bertz CT molecular complexity index is 478. The summed E-state index contributed by atoms with van der Waals surface area (Å²) in [6.45, 7) is 3.46. The molecule has 0 spiro atoms. The van der Waals surface area contributed by atoms with Gasteiger partial charge in [-0.15, -0.1) is 0 Å². The first-order valence-corrected chi connectivity index (χ1v) is 6.14. The summed E-state index contributed by atoms with van der Waals surface area (Å²) in [6, 6.07) is 9.24. The van der Waals surface area contributed by atoms with Crippen molar-refractivity contribution in [3.63, 3.8) is 0 Å². The minimum absolute atomic E-state index is 0.526. The maximum absolute atomic E-state index is 3.65. The maximum atomic E-state index is 3.65. The molecule has 1 aliphatic rings. The van der Waals surface area contributed by atoms with Gasteiger partial charge in [-0.2, -0.15) is 0 Å². The van der Waals surface area contributed by atoms with Crippen molar-refractivity contribution in [1.82, 2.24) is 10.3 Å². The first kappa shape index (κ1) is 9.91. The lowest BCUT2D eigenvalue weighted by molar-refractivity contribution is 0.334. The van der Waals surface area contributed by atoms with Gasteiger partial charge in [0.1, 0.15) is 0 Å². The Morgan fingerprint density at radius 3 is 2.94 bits per heavy atom. The van der Waals surface area contributed by atoms with E-state index in [9.17, 15) is 0 Å². The van der Waals surface area contributed by atoms with E-state index in [2.05, 4.69) is 41.5 Å². The van der Waals surface area contributed by atoms with Crippen molar-refractivity contribution in [1.29, 1.82) is 0 Å². The number of hydrogen-bond donors (Lipinski definition) is 2. The number of H-pyrrole nitrogens is 1. The smallest absolute Gasteiger partial charge is 0.0502 e. The minimum Gasteiger partial charge on any atom is -0.361 e. The Balaban J connectivity index is 1.96. The lowest BCUT2D eigenvalue weighted by Crippen LogP contribution is -2.31. The summed E-state index contributed by atoms with van der Waals surface area (Å²) < 4.78 is 0. The normalized spacial score (nSPS) is 26.1. The topological polar surface area (TPSA) is 27.8 Å². The predicted molar refractivity (Wildman–Crippen MR) is 67.4 cm³/mol. The summed E-state index contributed by atoms with van der Waals surface area (Å²) in [4.78, 5) is 3.36. The molecule has 0 aliphatic carbocycles. The fourth-order valence-corrected chi connectivity index (χ4v) is 2.66. The number of rotatable bonds is 1. The van der Waals surface area contributed by atoms with Crippen LogP contribution in [0.1, 0.15) is 31.4 Å². The molecule has 0 radical (unpaired) electrons. The van der Waals surface area contributed by atoms with Gasteiger partial charge in [0.15, 0.2) is 0 Å². The molecule has 1 fully saturated rings. The van der Waals surface area contributed by atoms with Crippen LogP contribution in [0.15, 0.2) is 30.5 Å². The molecular formula is C14H18N2. The third-order valence-corrected chi connectivity index (χ3v) is 3.66. The van der Waals surface area contributed by atoms with Crippen molar-refractivity contribution in [3.8, 4) is 0 Å². The fraction of sp³-hybridized carbons (Fsp3) is 0.429. The van der Waals surface area contributed by atoms with E-state index in [0.29, 0.717) is 6.04 Å². The van der Waals surface area contributed by atoms with Crippen molar-refractivity contribution in [2.45, 2.75) is 25.8 Å². The van der Waals surface area contributed by atoms with Crippen LogP contribution < -0.4 is 5.32 Å². The van der Waals surface area contributed by atoms with Crippen LogP contribution >= 0.6 is 0 Å². The van der Waals surface area contributed by atoms with Gasteiger partial charge in [-0.05, 0) is 42.3 Å². The van der Waals surface area contributed by atoms with Crippen LogP contribution in [0, 0.1) is 5.92 Å². The van der Waals surface area contributed by atoms with Gasteiger partial charge in [0, 0.05) is 12.2 Å². The Labute approximate surface area is 96.1 Å². The zero-order chi connectivity index (χ0) is 11.0. The summed E-state index contributed by atoms with van der Waals surface area (Å²) in [5, 5.41) is 4.96. The highest BCUT2D eigenvalue weighted by molar-refractivity contribution is 5.82. The molecule has 2 N–H and O–H groups in total. The second kappa shape index (κ2) is 3.95. The predicted octanol–water partition coefficient (Wildman–Crippen LogP) is 3.23. The molecule has 2 nitrogen and oxygen atoms in total. The van der Waals surface area contributed by atoms with Crippen molar-refractivity contribution >= 4 is 10.9 Å². The summed E-state index contributed by atoms with van der Waals surface area (Å²) in [5.74, 6) is 0.819. The molecule has 0 bridgehead atoms. The maximum Gasteiger partial charge on any atom is 0.0502 e. The first-order valence-electron chi connectivity index (χ1n) is 6.14. The average Bonchev–Trinajstić information content (AvgIpc) is 2.78. The Morgan fingerprint density at radius 1 is 1.19 bits per heavy atom. The number of fused-ring (bicyclic) bond motifs is 1. The van der Waals surface area contributed by atoms with Gasteiger partial charge in [0.25, 0.3) is 0 Å². The van der Waals surface area contributed by atoms with E-state index < -0.39 is 0 Å². The molecule has 2 aromatic rings. The second-order valence-electron chi connectivity index (χ2n) is 4.93. The highest BCUT2D eigenvalue weighted by atomic mass is 14.9. The van der Waals surface area contributed by atoms with Crippen LogP contribution in [0.3, 0.4) is 0 Å². The van der Waals surface area contributed by atoms with Crippen LogP contribution in [0.25, 0.3) is 10.9 Å². The Morgan fingerprint density at radius 2 is 2.12 bits per heavy atom. The van der Waals surface area contributed by atoms with Crippen LogP contribution in [-0.4, -0.2) is 11.5 Å². The molecule has 2 heterocycles. The Hall–Kier alpha value is -1.28. The largest absolute Gasteiger partial charge is 0.361 e. The zero-order valence-corrected chi connectivity index (χ0v) is 9.66. The van der Waals surface area contributed by atoms with Gasteiger partial charge in [0.2, 0.25) is 0 Å². The minimum atomic E-state index is 0.526. The molecule has 3 rings (SSSR count). The molecule has 2 atom stereocenters. The number of piperidine rings is 1. The lowest BCUT2D eigenvalue weighted by atomic mass is 9.91. The number of nitrogens with one attached hydrogen (secondary N) is 2. The van der Waals surface area contributed by atoms with E-state index in [0.717, 1.165) is 12.5 Å². The number of hydrogen-bond acceptors (Lipinski definition) is 1. The third-order valence-electron chi connectivity index (χ3n) is 3.66. The molecule has 84 valence electrons. The summed E-state index contributed by atoms with van der Waals surface area (Å²) >= 11 is 0. The van der Waals surface area contributed by atoms with Crippen molar-refractivity contribution < 1.29 is 0 Å². The molecule has 1 aliphatic heterocycles. The van der Waals surface area contributed by atoms with E-state index in [4.69, 9.17) is 0 Å². The molecule has 1 aromatic carbocycles. The van der Waals surface area contributed by atoms with Gasteiger partial charge in [0.05, 0.1) is 5.52 Å². The fourth-order valence-electron chi connectivity index (χ4n) is 2.66. The van der Waals surface area contributed by atoms with Gasteiger partial charge in [-0.3, -0.25) is 0 Å². The Kier molecular flexibility index (Phi) is 2.44. The van der Waals surface area contributed by atoms with Crippen LogP contribution in [-0.2, 0) is 0 Å². The van der Waals surface area contributed by atoms with E-state index >= 15 is 0 Å². The van der Waals surface area contributed by atoms with Gasteiger partial charge in [-0.25, -0.2) is 0 Å². The highest BCUT2D eigenvalue weighted by Crippen LogP contribution is 2.29. The van der Waals surface area contributed by atoms with E-state index in [1.54, 1.807) is 0 Å². The number of para-hydroxylation sites is 1. The molecular weight excluding hydrogens is 196 g/mol. The van der Waals surface area contributed by atoms with Crippen molar-refractivity contribution in [3.05, 3.63) is 36.0 Å². The van der Waals surface area contributed by atoms with Gasteiger partial charge < -0.3 is 10.3 Å². The van der Waals surface area contributed by atoms with Crippen molar-refractivity contribution in [2.75, 3.05) is 6.54 Å². The molecule has 0 amide bonds. The standard InChI is InChI=1S/C14H18N2/c1-10-5-6-13(16-9-10)12-4-2-3-11-7-8-15-14(11)12/h2-4,7-8,10,13,15-16H,5-6,9H2,1H3. The number of benzene rings is 1. The average molecular weight is 214 g/mol. The summed E-state index contributed by atoms with van der Waals surface area (Å²) in [5.41, 5.74) is 2.73. The molecule has 2 unspecified atom stereocenters. The number of aromatic nitrogens is 1. The van der Waals surface area contributed by atoms with E-state index in [1.807, 2.05) is 6.20 Å². The van der Waals surface area contributed by atoms with E-state index in [-0.39, 0.29) is 0 Å². The zero-order valence-electron chi connectivity index (χ0n) is 9.66. The molecule has 2 heteroatoms. The first-order chi connectivity index (χ1) is 7.84. The van der Waals surface area contributed by atoms with Crippen molar-refractivity contribution in [2.24, 2.45) is 5.92 Å². The van der Waals surface area contributed by atoms with Gasteiger partial charge >= 0.3 is 0 Å². The second-order valence-corrected chi connectivity index (χ2v) is 4.93. The molecule has 16 heavy (non-hydrogen) atoms. The molecule has 1 saturated heterocycles. The summed E-state index contributed by atoms with van der Waals surface area (Å²) in [7, 11) is 0. The SMILES string of the molecule is CC1CCC(c2cccc3cc[nH]c23)NC1.